The summed E-state index contributed by atoms with van der Waals surface area (Å²) in [5, 5.41) is 0. The van der Waals surface area contributed by atoms with Crippen molar-refractivity contribution in [2.75, 3.05) is 7.11 Å². The van der Waals surface area contributed by atoms with E-state index in [1.807, 2.05) is 13.0 Å². The van der Waals surface area contributed by atoms with E-state index in [0.29, 0.717) is 5.56 Å². The zero-order valence-corrected chi connectivity index (χ0v) is 18.0. The van der Waals surface area contributed by atoms with Gasteiger partial charge < -0.3 is 4.74 Å². The molecule has 1 aromatic carbocycles. The van der Waals surface area contributed by atoms with Gasteiger partial charge >= 0.3 is 5.97 Å². The minimum Gasteiger partial charge on any atom is -0.466 e. The summed E-state index contributed by atoms with van der Waals surface area (Å²) in [7, 11) is 1.29. The molecule has 5 nitrogen and oxygen atoms in total. The number of rotatable bonds is 4. The third-order valence-corrected chi connectivity index (χ3v) is 5.68. The van der Waals surface area contributed by atoms with Crippen molar-refractivity contribution in [1.82, 2.24) is 0 Å². The molecule has 0 bridgehead atoms. The van der Waals surface area contributed by atoms with E-state index < -0.39 is 5.97 Å². The van der Waals surface area contributed by atoms with Crippen molar-refractivity contribution >= 4 is 24.3 Å². The molecular weight excluding hydrogens is 352 g/mol. The highest BCUT2D eigenvalue weighted by atomic mass is 16.5. The van der Waals surface area contributed by atoms with Gasteiger partial charge in [0, 0.05) is 11.8 Å². The Bertz CT molecular complexity index is 889. The van der Waals surface area contributed by atoms with Crippen LogP contribution in [0.1, 0.15) is 74.5 Å². The van der Waals surface area contributed by atoms with Crippen LogP contribution < -0.4 is 0 Å². The van der Waals surface area contributed by atoms with E-state index in [-0.39, 0.29) is 28.0 Å². The summed E-state index contributed by atoms with van der Waals surface area (Å²) in [6.07, 6.45) is 3.46. The Morgan fingerprint density at radius 3 is 2.14 bits per heavy atom. The zero-order chi connectivity index (χ0) is 21.3. The number of hydrogen-bond donors (Lipinski definition) is 0. The third kappa shape index (κ3) is 4.13. The lowest BCUT2D eigenvalue weighted by molar-refractivity contribution is -0.136. The van der Waals surface area contributed by atoms with E-state index in [9.17, 15) is 9.59 Å². The number of carbonyl (C=O) groups excluding carboxylic acids is 2. The fraction of sp³-hybridized carbons (Fsp3) is 0.478. The van der Waals surface area contributed by atoms with E-state index in [1.54, 1.807) is 6.92 Å². The number of esters is 1. The summed E-state index contributed by atoms with van der Waals surface area (Å²) in [6, 6.07) is 4.12. The maximum Gasteiger partial charge on any atom is 0.334 e. The normalized spacial score (nSPS) is 18.2. The predicted molar refractivity (Wildman–Crippen MR) is 114 cm³/mol. The molecule has 150 valence electrons. The molecule has 0 aromatic heterocycles. The minimum atomic E-state index is -0.506. The van der Waals surface area contributed by atoms with Gasteiger partial charge in [0.15, 0.2) is 5.84 Å². The summed E-state index contributed by atoms with van der Waals surface area (Å²) in [4.78, 5) is 32.5. The average molecular weight is 383 g/mol. The molecule has 5 heteroatoms. The number of nitrogens with zero attached hydrogens (tertiary/aromatic N) is 2. The quantitative estimate of drug-likeness (QED) is 0.249. The molecule has 28 heavy (non-hydrogen) atoms. The summed E-state index contributed by atoms with van der Waals surface area (Å²) in [5.41, 5.74) is 4.30. The van der Waals surface area contributed by atoms with Gasteiger partial charge in [-0.1, -0.05) is 33.8 Å². The van der Waals surface area contributed by atoms with Crippen LogP contribution in [0.3, 0.4) is 0 Å². The number of ether oxygens (including phenoxy) is 1. The molecule has 1 aliphatic carbocycles. The van der Waals surface area contributed by atoms with Crippen molar-refractivity contribution < 1.29 is 14.3 Å². The first-order chi connectivity index (χ1) is 12.9. The van der Waals surface area contributed by atoms with Crippen LogP contribution >= 0.6 is 0 Å². The molecular formula is C23H30N2O3. The van der Waals surface area contributed by atoms with Gasteiger partial charge in [0.2, 0.25) is 5.78 Å². The van der Waals surface area contributed by atoms with Gasteiger partial charge in [-0.2, -0.15) is 0 Å². The molecule has 1 aromatic rings. The molecule has 0 radical (unpaired) electrons. The minimum absolute atomic E-state index is 0.00608. The van der Waals surface area contributed by atoms with Gasteiger partial charge in [0.25, 0.3) is 0 Å². The third-order valence-electron chi connectivity index (χ3n) is 5.68. The largest absolute Gasteiger partial charge is 0.466 e. The fourth-order valence-electron chi connectivity index (χ4n) is 3.63. The first-order valence-electron chi connectivity index (χ1n) is 9.44. The Labute approximate surface area is 167 Å². The second kappa shape index (κ2) is 7.82. The number of carbonyl (C=O) groups is 2. The highest BCUT2D eigenvalue weighted by molar-refractivity contribution is 6.46. The molecule has 0 N–H and O–H groups in total. The smallest absolute Gasteiger partial charge is 0.334 e. The Hall–Kier alpha value is -2.56. The Balaban J connectivity index is 2.54. The van der Waals surface area contributed by atoms with Crippen LogP contribution in [-0.4, -0.2) is 31.4 Å². The lowest BCUT2D eigenvalue weighted by Gasteiger charge is -2.42. The van der Waals surface area contributed by atoms with Gasteiger partial charge in [-0.25, -0.2) is 14.8 Å². The van der Waals surface area contributed by atoms with Crippen molar-refractivity contribution in [1.29, 1.82) is 0 Å². The fourth-order valence-corrected chi connectivity index (χ4v) is 3.63. The molecule has 0 heterocycles. The standard InChI is InChI=1S/C23H30N2O3/c1-14-11-17-18(23(5,6)10-9-22(17,3)4)12-16(14)19(26)20(24-7)25-13-15(2)21(27)28-8/h11-13H,7,9-10H2,1-6,8H3/b15-13+,25-20?. The second-order valence-corrected chi connectivity index (χ2v) is 8.72. The number of aryl methyl sites for hydroxylation is 1. The summed E-state index contributed by atoms with van der Waals surface area (Å²) in [6.45, 7) is 15.9. The van der Waals surface area contributed by atoms with Gasteiger partial charge in [-0.3, -0.25) is 4.79 Å². The van der Waals surface area contributed by atoms with Crippen molar-refractivity contribution in [3.05, 3.63) is 46.2 Å². The topological polar surface area (TPSA) is 68.1 Å². The highest BCUT2D eigenvalue weighted by Crippen LogP contribution is 2.46. The molecule has 1 aliphatic rings. The number of aliphatic imine (C=N–C) groups is 2. The second-order valence-electron chi connectivity index (χ2n) is 8.72. The lowest BCUT2D eigenvalue weighted by Crippen LogP contribution is -2.34. The number of benzene rings is 1. The maximum atomic E-state index is 13.1. The summed E-state index contributed by atoms with van der Waals surface area (Å²) >= 11 is 0. The molecule has 0 unspecified atom stereocenters. The van der Waals surface area contributed by atoms with E-state index >= 15 is 0 Å². The number of fused-ring (bicyclic) bond motifs is 1. The number of hydrogen-bond acceptors (Lipinski definition) is 4. The monoisotopic (exact) mass is 382 g/mol. The van der Waals surface area contributed by atoms with Gasteiger partial charge in [-0.05, 0) is 67.0 Å². The van der Waals surface area contributed by atoms with E-state index in [1.165, 1.54) is 24.4 Å². The van der Waals surface area contributed by atoms with E-state index in [0.717, 1.165) is 18.4 Å². The van der Waals surface area contributed by atoms with Crippen molar-refractivity contribution in [3.8, 4) is 0 Å². The van der Waals surface area contributed by atoms with Crippen LogP contribution in [0.25, 0.3) is 0 Å². The van der Waals surface area contributed by atoms with Crippen LogP contribution in [0.2, 0.25) is 0 Å². The van der Waals surface area contributed by atoms with Gasteiger partial charge in [-0.15, -0.1) is 0 Å². The van der Waals surface area contributed by atoms with Crippen LogP contribution in [0.4, 0.5) is 0 Å². The molecule has 0 fully saturated rings. The number of Topliss-reactive ketones (excluding diaryl/α,β-unsaturated/α-hetero) is 1. The SMILES string of the molecule is C=NC(=N/C=C(\C)C(=O)OC)C(=O)c1cc2c(cc1C)C(C)(C)CCC2(C)C. The van der Waals surface area contributed by atoms with Gasteiger partial charge in [0.1, 0.15) is 0 Å². The van der Waals surface area contributed by atoms with Crippen LogP contribution in [-0.2, 0) is 20.4 Å². The maximum absolute atomic E-state index is 13.1. The van der Waals surface area contributed by atoms with Crippen LogP contribution in [0, 0.1) is 6.92 Å². The van der Waals surface area contributed by atoms with Crippen LogP contribution in [0.5, 0.6) is 0 Å². The van der Waals surface area contributed by atoms with E-state index in [4.69, 9.17) is 0 Å². The van der Waals surface area contributed by atoms with Crippen LogP contribution in [0.15, 0.2) is 33.9 Å². The highest BCUT2D eigenvalue weighted by Gasteiger charge is 2.38. The average Bonchev–Trinajstić information content (AvgIpc) is 2.64. The molecule has 0 saturated heterocycles. The molecule has 2 rings (SSSR count). The first kappa shape index (κ1) is 21.7. The molecule has 0 spiro atoms. The number of amidine groups is 1. The summed E-state index contributed by atoms with van der Waals surface area (Å²) < 4.78 is 4.64. The molecule has 0 saturated carbocycles. The Morgan fingerprint density at radius 2 is 1.64 bits per heavy atom. The van der Waals surface area contributed by atoms with Crippen molar-refractivity contribution in [2.24, 2.45) is 9.98 Å². The molecule has 0 aliphatic heterocycles. The Kier molecular flexibility index (Phi) is 6.07. The zero-order valence-electron chi connectivity index (χ0n) is 18.0. The van der Waals surface area contributed by atoms with Gasteiger partial charge in [0.05, 0.1) is 12.7 Å². The predicted octanol–water partition coefficient (Wildman–Crippen LogP) is 4.70. The first-order valence-corrected chi connectivity index (χ1v) is 9.44. The Morgan fingerprint density at radius 1 is 1.11 bits per heavy atom. The van der Waals surface area contributed by atoms with Crippen molar-refractivity contribution in [2.45, 2.75) is 65.2 Å². The number of methoxy groups -OCH3 is 1. The summed E-state index contributed by atoms with van der Waals surface area (Å²) in [5.74, 6) is -0.851. The molecule has 0 atom stereocenters. The van der Waals surface area contributed by atoms with E-state index in [2.05, 4.69) is 55.2 Å². The lowest BCUT2D eigenvalue weighted by atomic mass is 9.62. The van der Waals surface area contributed by atoms with Crippen molar-refractivity contribution in [3.63, 3.8) is 0 Å². The molecule has 0 amide bonds. The number of ketones is 1.